The average Bonchev–Trinajstić information content (AvgIpc) is 2.18. The molecule has 0 heterocycles. The molecular formula is C9H11N3O3. The van der Waals surface area contributed by atoms with Crippen molar-refractivity contribution in [1.82, 2.24) is 0 Å². The third-order valence-corrected chi connectivity index (χ3v) is 1.77. The molecule has 15 heavy (non-hydrogen) atoms. The zero-order valence-corrected chi connectivity index (χ0v) is 8.14. The lowest BCUT2D eigenvalue weighted by Gasteiger charge is -2.15. The van der Waals surface area contributed by atoms with Crippen LogP contribution in [-0.2, 0) is 0 Å². The molecule has 6 heteroatoms. The van der Waals surface area contributed by atoms with E-state index in [1.54, 1.807) is 12.1 Å². The molecule has 4 N–H and O–H groups in total. The Balaban J connectivity index is 3.02. The highest BCUT2D eigenvalue weighted by Crippen LogP contribution is 2.18. The number of ether oxygens (including phenoxy) is 1. The molecule has 0 aromatic heterocycles. The smallest absolute Gasteiger partial charge is 0.327 e. The monoisotopic (exact) mass is 209 g/mol. The van der Waals surface area contributed by atoms with E-state index in [0.29, 0.717) is 16.3 Å². The van der Waals surface area contributed by atoms with E-state index in [0.717, 1.165) is 0 Å². The second kappa shape index (κ2) is 4.32. The zero-order valence-electron chi connectivity index (χ0n) is 8.14. The molecule has 0 saturated heterocycles. The molecule has 0 aliphatic carbocycles. The van der Waals surface area contributed by atoms with Crippen LogP contribution in [0.1, 0.15) is 0 Å². The fraction of sp³-hybridized carbons (Fsp3) is 0.111. The van der Waals surface area contributed by atoms with Crippen molar-refractivity contribution >= 4 is 17.7 Å². The van der Waals surface area contributed by atoms with Crippen LogP contribution in [0.4, 0.5) is 15.3 Å². The van der Waals surface area contributed by atoms with Gasteiger partial charge in [0.25, 0.3) is 0 Å². The Morgan fingerprint density at radius 3 is 1.93 bits per heavy atom. The van der Waals surface area contributed by atoms with E-state index in [-0.39, 0.29) is 0 Å². The van der Waals surface area contributed by atoms with Crippen molar-refractivity contribution < 1.29 is 14.3 Å². The summed E-state index contributed by atoms with van der Waals surface area (Å²) < 4.78 is 4.92. The number of urea groups is 2. The molecule has 0 bridgehead atoms. The Morgan fingerprint density at radius 1 is 1.13 bits per heavy atom. The SMILES string of the molecule is COc1ccc(N(C(N)=O)C(N)=O)cc1. The lowest BCUT2D eigenvalue weighted by Crippen LogP contribution is -2.44. The number of hydrogen-bond acceptors (Lipinski definition) is 3. The Bertz CT molecular complexity index is 361. The maximum absolute atomic E-state index is 10.9. The number of methoxy groups -OCH3 is 1. The summed E-state index contributed by atoms with van der Waals surface area (Å²) in [5.74, 6) is 0.604. The number of hydrogen-bond donors (Lipinski definition) is 2. The van der Waals surface area contributed by atoms with Crippen molar-refractivity contribution in [3.05, 3.63) is 24.3 Å². The van der Waals surface area contributed by atoms with Gasteiger partial charge in [0.1, 0.15) is 5.75 Å². The molecule has 0 spiro atoms. The molecule has 0 aliphatic rings. The minimum absolute atomic E-state index is 0.302. The zero-order chi connectivity index (χ0) is 11.4. The van der Waals surface area contributed by atoms with Gasteiger partial charge in [0.2, 0.25) is 0 Å². The number of nitrogens with two attached hydrogens (primary N) is 2. The van der Waals surface area contributed by atoms with E-state index in [1.165, 1.54) is 19.2 Å². The second-order valence-electron chi connectivity index (χ2n) is 2.71. The van der Waals surface area contributed by atoms with Gasteiger partial charge in [-0.2, -0.15) is 0 Å². The van der Waals surface area contributed by atoms with Crippen LogP contribution in [0.25, 0.3) is 0 Å². The Kier molecular flexibility index (Phi) is 3.12. The molecule has 0 fully saturated rings. The van der Waals surface area contributed by atoms with Crippen LogP contribution >= 0.6 is 0 Å². The minimum Gasteiger partial charge on any atom is -0.497 e. The van der Waals surface area contributed by atoms with Gasteiger partial charge in [-0.1, -0.05) is 0 Å². The third kappa shape index (κ3) is 2.37. The molecule has 1 aromatic rings. The van der Waals surface area contributed by atoms with E-state index in [2.05, 4.69) is 0 Å². The fourth-order valence-electron chi connectivity index (χ4n) is 1.09. The molecule has 1 aromatic carbocycles. The van der Waals surface area contributed by atoms with Gasteiger partial charge < -0.3 is 16.2 Å². The molecule has 1 rings (SSSR count). The molecule has 0 saturated carbocycles. The topological polar surface area (TPSA) is 98.7 Å². The van der Waals surface area contributed by atoms with Gasteiger partial charge in [0, 0.05) is 0 Å². The predicted molar refractivity (Wildman–Crippen MR) is 54.6 cm³/mol. The van der Waals surface area contributed by atoms with E-state index in [9.17, 15) is 9.59 Å². The van der Waals surface area contributed by atoms with Crippen molar-refractivity contribution in [2.24, 2.45) is 11.5 Å². The van der Waals surface area contributed by atoms with Gasteiger partial charge in [-0.05, 0) is 24.3 Å². The predicted octanol–water partition coefficient (Wildman–Crippen LogP) is 0.659. The summed E-state index contributed by atoms with van der Waals surface area (Å²) in [4.78, 5) is 22.5. The largest absolute Gasteiger partial charge is 0.497 e. The second-order valence-corrected chi connectivity index (χ2v) is 2.71. The molecule has 6 nitrogen and oxygen atoms in total. The maximum Gasteiger partial charge on any atom is 0.327 e. The molecule has 0 radical (unpaired) electrons. The molecule has 80 valence electrons. The molecule has 0 atom stereocenters. The Labute approximate surface area is 86.4 Å². The maximum atomic E-state index is 10.9. The van der Waals surface area contributed by atoms with Crippen LogP contribution in [0.5, 0.6) is 5.75 Å². The number of rotatable bonds is 2. The summed E-state index contributed by atoms with van der Waals surface area (Å²) in [6, 6.07) is 4.35. The van der Waals surface area contributed by atoms with Crippen molar-refractivity contribution in [3.63, 3.8) is 0 Å². The number of carbonyl (C=O) groups excluding carboxylic acids is 2. The van der Waals surface area contributed by atoms with Crippen LogP contribution in [0.15, 0.2) is 24.3 Å². The first kappa shape index (κ1) is 10.8. The number of imide groups is 1. The first-order valence-electron chi connectivity index (χ1n) is 4.09. The van der Waals surface area contributed by atoms with Crippen molar-refractivity contribution in [1.29, 1.82) is 0 Å². The van der Waals surface area contributed by atoms with E-state index in [4.69, 9.17) is 16.2 Å². The van der Waals surface area contributed by atoms with Crippen LogP contribution < -0.4 is 21.1 Å². The van der Waals surface area contributed by atoms with Crippen LogP contribution in [0, 0.1) is 0 Å². The van der Waals surface area contributed by atoms with Crippen LogP contribution in [0.2, 0.25) is 0 Å². The summed E-state index contributed by atoms with van der Waals surface area (Å²) >= 11 is 0. The van der Waals surface area contributed by atoms with Gasteiger partial charge in [-0.15, -0.1) is 0 Å². The standard InChI is InChI=1S/C9H11N3O3/c1-15-7-4-2-6(3-5-7)12(8(10)13)9(11)14/h2-5H,1H3,(H2,10,13)(H2,11,14). The number of primary amides is 2. The highest BCUT2D eigenvalue weighted by Gasteiger charge is 2.17. The number of nitrogens with zero attached hydrogens (tertiary/aromatic N) is 1. The van der Waals surface area contributed by atoms with E-state index in [1.807, 2.05) is 0 Å². The molecule has 0 aliphatic heterocycles. The number of benzene rings is 1. The summed E-state index contributed by atoms with van der Waals surface area (Å²) in [6.45, 7) is 0. The average molecular weight is 209 g/mol. The number of anilines is 1. The van der Waals surface area contributed by atoms with Crippen molar-refractivity contribution in [2.75, 3.05) is 12.0 Å². The summed E-state index contributed by atoms with van der Waals surface area (Å²) in [5, 5.41) is 0. The summed E-state index contributed by atoms with van der Waals surface area (Å²) in [7, 11) is 1.51. The van der Waals surface area contributed by atoms with E-state index >= 15 is 0 Å². The Morgan fingerprint density at radius 2 is 1.60 bits per heavy atom. The van der Waals surface area contributed by atoms with Gasteiger partial charge in [0.15, 0.2) is 0 Å². The fourth-order valence-corrected chi connectivity index (χ4v) is 1.09. The quantitative estimate of drug-likeness (QED) is 0.748. The Hall–Kier alpha value is -2.24. The first-order chi connectivity index (χ1) is 7.06. The van der Waals surface area contributed by atoms with Crippen LogP contribution in [0.3, 0.4) is 0 Å². The normalized spacial score (nSPS) is 9.40. The molecular weight excluding hydrogens is 198 g/mol. The van der Waals surface area contributed by atoms with Crippen molar-refractivity contribution in [3.8, 4) is 5.75 Å². The molecule has 4 amide bonds. The van der Waals surface area contributed by atoms with Gasteiger partial charge in [0.05, 0.1) is 12.8 Å². The highest BCUT2D eigenvalue weighted by atomic mass is 16.5. The van der Waals surface area contributed by atoms with E-state index < -0.39 is 12.1 Å². The summed E-state index contributed by atoms with van der Waals surface area (Å²) in [6.07, 6.45) is 0. The van der Waals surface area contributed by atoms with Gasteiger partial charge in [-0.25, -0.2) is 14.5 Å². The van der Waals surface area contributed by atoms with Gasteiger partial charge >= 0.3 is 12.1 Å². The molecule has 0 unspecified atom stereocenters. The summed E-state index contributed by atoms with van der Waals surface area (Å²) in [5.41, 5.74) is 10.3. The highest BCUT2D eigenvalue weighted by molar-refractivity contribution is 6.12. The lowest BCUT2D eigenvalue weighted by atomic mass is 10.3. The van der Waals surface area contributed by atoms with Crippen LogP contribution in [-0.4, -0.2) is 19.2 Å². The van der Waals surface area contributed by atoms with Gasteiger partial charge in [-0.3, -0.25) is 0 Å². The minimum atomic E-state index is -0.923. The first-order valence-corrected chi connectivity index (χ1v) is 4.09. The number of amides is 4. The number of carbonyl (C=O) groups is 2. The lowest BCUT2D eigenvalue weighted by molar-refractivity contribution is 0.243. The van der Waals surface area contributed by atoms with Crippen molar-refractivity contribution in [2.45, 2.75) is 0 Å². The third-order valence-electron chi connectivity index (χ3n) is 1.77.